The summed E-state index contributed by atoms with van der Waals surface area (Å²) in [6, 6.07) is 5.82. The summed E-state index contributed by atoms with van der Waals surface area (Å²) in [7, 11) is -3.43. The quantitative estimate of drug-likeness (QED) is 0.736. The van der Waals surface area contributed by atoms with Crippen LogP contribution in [-0.4, -0.2) is 62.3 Å². The maximum absolute atomic E-state index is 13.0. The second kappa shape index (κ2) is 8.74. The van der Waals surface area contributed by atoms with Gasteiger partial charge in [-0.1, -0.05) is 19.8 Å². The van der Waals surface area contributed by atoms with Gasteiger partial charge in [-0.15, -0.1) is 0 Å². The summed E-state index contributed by atoms with van der Waals surface area (Å²) in [6.07, 6.45) is 8.37. The second-order valence-electron chi connectivity index (χ2n) is 8.58. The first-order valence-electron chi connectivity index (χ1n) is 11.2. The predicted molar refractivity (Wildman–Crippen MR) is 115 cm³/mol. The molecule has 0 aromatic heterocycles. The van der Waals surface area contributed by atoms with E-state index in [4.69, 9.17) is 0 Å². The lowest BCUT2D eigenvalue weighted by Crippen LogP contribution is -2.46. The molecule has 3 aliphatic heterocycles. The first-order valence-corrected chi connectivity index (χ1v) is 12.6. The molecular formula is C22H33N3O3S. The number of hydrogen-bond acceptors (Lipinski definition) is 4. The Morgan fingerprint density at radius 3 is 2.55 bits per heavy atom. The summed E-state index contributed by atoms with van der Waals surface area (Å²) >= 11 is 0. The number of sulfonamides is 1. The zero-order valence-corrected chi connectivity index (χ0v) is 18.3. The smallest absolute Gasteiger partial charge is 0.243 e. The molecule has 2 fully saturated rings. The molecule has 3 aliphatic rings. The van der Waals surface area contributed by atoms with Gasteiger partial charge in [0, 0.05) is 31.4 Å². The number of fused-ring (bicyclic) bond motifs is 1. The molecule has 0 spiro atoms. The van der Waals surface area contributed by atoms with E-state index in [1.165, 1.54) is 12.8 Å². The molecule has 4 rings (SSSR count). The van der Waals surface area contributed by atoms with Gasteiger partial charge in [-0.25, -0.2) is 8.42 Å². The average molecular weight is 420 g/mol. The van der Waals surface area contributed by atoms with Gasteiger partial charge in [0.1, 0.15) is 0 Å². The summed E-state index contributed by atoms with van der Waals surface area (Å²) in [5.41, 5.74) is 1.86. The highest BCUT2D eigenvalue weighted by Crippen LogP contribution is 2.32. The monoisotopic (exact) mass is 419 g/mol. The fourth-order valence-electron chi connectivity index (χ4n) is 5.04. The lowest BCUT2D eigenvalue weighted by atomic mass is 10.00. The van der Waals surface area contributed by atoms with E-state index in [2.05, 4.69) is 11.8 Å². The van der Waals surface area contributed by atoms with Gasteiger partial charge in [0.15, 0.2) is 0 Å². The molecule has 0 N–H and O–H groups in total. The van der Waals surface area contributed by atoms with Crippen LogP contribution in [0.15, 0.2) is 23.1 Å². The standard InChI is InChI=1S/C22H33N3O3S/c1-2-19-8-4-7-12-23(19)17-22(26)25-15-11-18-16-20(9-10-21(18)25)29(27,28)24-13-5-3-6-14-24/h9-10,16,19H,2-8,11-15,17H2,1H3. The van der Waals surface area contributed by atoms with Crippen LogP contribution < -0.4 is 4.90 Å². The highest BCUT2D eigenvalue weighted by Gasteiger charge is 2.31. The molecule has 0 radical (unpaired) electrons. The van der Waals surface area contributed by atoms with Crippen LogP contribution >= 0.6 is 0 Å². The summed E-state index contributed by atoms with van der Waals surface area (Å²) in [5, 5.41) is 0. The van der Waals surface area contributed by atoms with Gasteiger partial charge in [-0.3, -0.25) is 9.69 Å². The van der Waals surface area contributed by atoms with Crippen LogP contribution in [0.2, 0.25) is 0 Å². The fourth-order valence-corrected chi connectivity index (χ4v) is 6.61. The van der Waals surface area contributed by atoms with Crippen LogP contribution in [0.5, 0.6) is 0 Å². The van der Waals surface area contributed by atoms with E-state index in [-0.39, 0.29) is 5.91 Å². The molecular weight excluding hydrogens is 386 g/mol. The van der Waals surface area contributed by atoms with Gasteiger partial charge >= 0.3 is 0 Å². The van der Waals surface area contributed by atoms with Crippen molar-refractivity contribution in [2.45, 2.75) is 69.2 Å². The Hall–Kier alpha value is -1.44. The van der Waals surface area contributed by atoms with Crippen molar-refractivity contribution in [2.24, 2.45) is 0 Å². The van der Waals surface area contributed by atoms with Crippen molar-refractivity contribution in [3.63, 3.8) is 0 Å². The van der Waals surface area contributed by atoms with Crippen LogP contribution in [0.25, 0.3) is 0 Å². The third-order valence-electron chi connectivity index (χ3n) is 6.76. The summed E-state index contributed by atoms with van der Waals surface area (Å²) < 4.78 is 27.6. The third kappa shape index (κ3) is 4.23. The van der Waals surface area contributed by atoms with Crippen molar-refractivity contribution < 1.29 is 13.2 Å². The molecule has 1 unspecified atom stereocenters. The zero-order chi connectivity index (χ0) is 20.4. The highest BCUT2D eigenvalue weighted by atomic mass is 32.2. The van der Waals surface area contributed by atoms with Crippen molar-refractivity contribution in [3.05, 3.63) is 23.8 Å². The number of carbonyl (C=O) groups excluding carboxylic acids is 1. The molecule has 7 heteroatoms. The largest absolute Gasteiger partial charge is 0.311 e. The minimum atomic E-state index is -3.43. The normalized spacial score (nSPS) is 23.9. The number of nitrogens with zero attached hydrogens (tertiary/aromatic N) is 3. The number of rotatable bonds is 5. The van der Waals surface area contributed by atoms with E-state index in [0.717, 1.165) is 56.3 Å². The van der Waals surface area contributed by atoms with Crippen molar-refractivity contribution in [1.29, 1.82) is 0 Å². The maximum atomic E-state index is 13.0. The van der Waals surface area contributed by atoms with E-state index in [1.54, 1.807) is 16.4 Å². The SMILES string of the molecule is CCC1CCCCN1CC(=O)N1CCc2cc(S(=O)(=O)N3CCCCC3)ccc21. The molecule has 29 heavy (non-hydrogen) atoms. The maximum Gasteiger partial charge on any atom is 0.243 e. The minimum Gasteiger partial charge on any atom is -0.311 e. The van der Waals surface area contributed by atoms with Crippen LogP contribution in [0, 0.1) is 0 Å². The van der Waals surface area contributed by atoms with Crippen LogP contribution in [-0.2, 0) is 21.2 Å². The Balaban J connectivity index is 1.48. The molecule has 160 valence electrons. The van der Waals surface area contributed by atoms with Crippen molar-refractivity contribution >= 4 is 21.6 Å². The number of hydrogen-bond donors (Lipinski definition) is 0. The lowest BCUT2D eigenvalue weighted by molar-refractivity contribution is -0.120. The van der Waals surface area contributed by atoms with Gasteiger partial charge in [0.2, 0.25) is 15.9 Å². The molecule has 0 bridgehead atoms. The van der Waals surface area contributed by atoms with E-state index in [0.29, 0.717) is 37.1 Å². The average Bonchev–Trinajstić information content (AvgIpc) is 3.18. The van der Waals surface area contributed by atoms with E-state index >= 15 is 0 Å². The Kier molecular flexibility index (Phi) is 6.27. The van der Waals surface area contributed by atoms with Gasteiger partial charge in [0.25, 0.3) is 0 Å². The highest BCUT2D eigenvalue weighted by molar-refractivity contribution is 7.89. The number of carbonyl (C=O) groups is 1. The summed E-state index contributed by atoms with van der Waals surface area (Å²) in [4.78, 5) is 17.6. The topological polar surface area (TPSA) is 60.9 Å². The molecule has 0 aliphatic carbocycles. The molecule has 1 amide bonds. The molecule has 3 heterocycles. The van der Waals surface area contributed by atoms with Crippen molar-refractivity contribution in [1.82, 2.24) is 9.21 Å². The molecule has 0 saturated carbocycles. The van der Waals surface area contributed by atoms with Gasteiger partial charge in [0.05, 0.1) is 11.4 Å². The van der Waals surface area contributed by atoms with Crippen LogP contribution in [0.4, 0.5) is 5.69 Å². The van der Waals surface area contributed by atoms with Crippen LogP contribution in [0.3, 0.4) is 0 Å². The van der Waals surface area contributed by atoms with Crippen molar-refractivity contribution in [3.8, 4) is 0 Å². The number of likely N-dealkylation sites (tertiary alicyclic amines) is 1. The number of benzene rings is 1. The van der Waals surface area contributed by atoms with Gasteiger partial charge in [-0.05, 0) is 68.8 Å². The minimum absolute atomic E-state index is 0.135. The number of anilines is 1. The van der Waals surface area contributed by atoms with Gasteiger partial charge in [-0.2, -0.15) is 4.31 Å². The Morgan fingerprint density at radius 1 is 1.03 bits per heavy atom. The van der Waals surface area contributed by atoms with E-state index < -0.39 is 10.0 Å². The zero-order valence-electron chi connectivity index (χ0n) is 17.5. The Bertz CT molecular complexity index is 849. The summed E-state index contributed by atoms with van der Waals surface area (Å²) in [6.45, 7) is 5.52. The first kappa shape index (κ1) is 20.8. The molecule has 1 aromatic rings. The predicted octanol–water partition coefficient (Wildman–Crippen LogP) is 3.01. The molecule has 1 atom stereocenters. The summed E-state index contributed by atoms with van der Waals surface area (Å²) in [5.74, 6) is 0.135. The van der Waals surface area contributed by atoms with Crippen LogP contribution in [0.1, 0.15) is 57.4 Å². The van der Waals surface area contributed by atoms with Crippen molar-refractivity contribution in [2.75, 3.05) is 37.6 Å². The van der Waals surface area contributed by atoms with E-state index in [9.17, 15) is 13.2 Å². The second-order valence-corrected chi connectivity index (χ2v) is 10.5. The third-order valence-corrected chi connectivity index (χ3v) is 8.65. The van der Waals surface area contributed by atoms with E-state index in [1.807, 2.05) is 11.0 Å². The Labute approximate surface area is 174 Å². The molecule has 6 nitrogen and oxygen atoms in total. The Morgan fingerprint density at radius 2 is 1.79 bits per heavy atom. The molecule has 1 aromatic carbocycles. The first-order chi connectivity index (χ1) is 14.0. The number of piperidine rings is 2. The van der Waals surface area contributed by atoms with Gasteiger partial charge < -0.3 is 4.90 Å². The molecule has 2 saturated heterocycles. The number of amides is 1. The lowest BCUT2D eigenvalue weighted by Gasteiger charge is -2.35. The fraction of sp³-hybridized carbons (Fsp3) is 0.682.